The molecule has 3 nitrogen and oxygen atoms in total. The van der Waals surface area contributed by atoms with Crippen LogP contribution >= 0.6 is 0 Å². The van der Waals surface area contributed by atoms with E-state index in [1.54, 1.807) is 0 Å². The van der Waals surface area contributed by atoms with Crippen LogP contribution < -0.4 is 5.32 Å². The van der Waals surface area contributed by atoms with Crippen molar-refractivity contribution in [2.24, 2.45) is 10.8 Å². The van der Waals surface area contributed by atoms with Gasteiger partial charge < -0.3 is 15.2 Å². The number of hydrogen-bond acceptors (Lipinski definition) is 3. The van der Waals surface area contributed by atoms with Crippen LogP contribution in [0.2, 0.25) is 0 Å². The predicted molar refractivity (Wildman–Crippen MR) is 76.1 cm³/mol. The fourth-order valence-corrected chi connectivity index (χ4v) is 4.44. The Morgan fingerprint density at radius 3 is 2.53 bits per heavy atom. The highest BCUT2D eigenvalue weighted by Crippen LogP contribution is 2.55. The van der Waals surface area contributed by atoms with Crippen molar-refractivity contribution in [3.05, 3.63) is 0 Å². The normalized spacial score (nSPS) is 34.4. The van der Waals surface area contributed by atoms with Crippen LogP contribution in [0, 0.1) is 10.8 Å². The lowest BCUT2D eigenvalue weighted by molar-refractivity contribution is -0.131. The zero-order valence-electron chi connectivity index (χ0n) is 12.3. The first kappa shape index (κ1) is 13.8. The van der Waals surface area contributed by atoms with Gasteiger partial charge in [-0.2, -0.15) is 0 Å². The van der Waals surface area contributed by atoms with Gasteiger partial charge in [0.2, 0.25) is 0 Å². The molecule has 0 saturated heterocycles. The molecule has 3 aliphatic carbocycles. The van der Waals surface area contributed by atoms with Crippen LogP contribution in [0.15, 0.2) is 0 Å². The van der Waals surface area contributed by atoms with Crippen LogP contribution in [0.5, 0.6) is 0 Å². The van der Waals surface area contributed by atoms with Crippen molar-refractivity contribution in [1.29, 1.82) is 0 Å². The number of rotatable bonds is 7. The van der Waals surface area contributed by atoms with Crippen LogP contribution in [0.4, 0.5) is 0 Å². The molecule has 2 N–H and O–H groups in total. The van der Waals surface area contributed by atoms with Crippen molar-refractivity contribution < 1.29 is 9.84 Å². The summed E-state index contributed by atoms with van der Waals surface area (Å²) in [5.74, 6) is 0. The molecule has 3 heteroatoms. The molecule has 0 aromatic rings. The van der Waals surface area contributed by atoms with Crippen molar-refractivity contribution in [3.63, 3.8) is 0 Å². The van der Waals surface area contributed by atoms with Gasteiger partial charge in [0.1, 0.15) is 0 Å². The van der Waals surface area contributed by atoms with Crippen molar-refractivity contribution in [2.75, 3.05) is 19.8 Å². The number of aliphatic hydroxyl groups excluding tert-OH is 1. The first-order valence-electron chi connectivity index (χ1n) is 8.21. The average Bonchev–Trinajstić information content (AvgIpc) is 2.96. The van der Waals surface area contributed by atoms with Gasteiger partial charge in [-0.25, -0.2) is 0 Å². The third-order valence-electron chi connectivity index (χ3n) is 6.01. The van der Waals surface area contributed by atoms with E-state index in [1.807, 2.05) is 0 Å². The Balaban J connectivity index is 1.54. The Bertz CT molecular complexity index is 308. The monoisotopic (exact) mass is 267 g/mol. The number of aliphatic hydroxyl groups is 1. The van der Waals surface area contributed by atoms with Gasteiger partial charge >= 0.3 is 0 Å². The molecule has 19 heavy (non-hydrogen) atoms. The molecule has 0 aromatic heterocycles. The SMILES string of the molecule is CCOC1CC(NCC2(CCO)CC2)C12CCCC2. The van der Waals surface area contributed by atoms with Crippen molar-refractivity contribution >= 4 is 0 Å². The summed E-state index contributed by atoms with van der Waals surface area (Å²) >= 11 is 0. The minimum atomic E-state index is 0.346. The van der Waals surface area contributed by atoms with E-state index in [0.29, 0.717) is 29.6 Å². The minimum absolute atomic E-state index is 0.346. The Labute approximate surface area is 117 Å². The summed E-state index contributed by atoms with van der Waals surface area (Å²) in [7, 11) is 0. The largest absolute Gasteiger partial charge is 0.396 e. The second kappa shape index (κ2) is 5.34. The Morgan fingerprint density at radius 1 is 1.21 bits per heavy atom. The topological polar surface area (TPSA) is 41.5 Å². The highest BCUT2D eigenvalue weighted by atomic mass is 16.5. The van der Waals surface area contributed by atoms with Crippen LogP contribution in [-0.4, -0.2) is 37.0 Å². The van der Waals surface area contributed by atoms with E-state index in [1.165, 1.54) is 44.9 Å². The van der Waals surface area contributed by atoms with E-state index in [0.717, 1.165) is 19.6 Å². The quantitative estimate of drug-likeness (QED) is 0.744. The molecule has 0 bridgehead atoms. The Kier molecular flexibility index (Phi) is 3.89. The van der Waals surface area contributed by atoms with Gasteiger partial charge in [-0.15, -0.1) is 0 Å². The van der Waals surface area contributed by atoms with E-state index < -0.39 is 0 Å². The molecule has 2 atom stereocenters. The van der Waals surface area contributed by atoms with Crippen LogP contribution in [0.25, 0.3) is 0 Å². The highest BCUT2D eigenvalue weighted by Gasteiger charge is 2.57. The van der Waals surface area contributed by atoms with E-state index in [9.17, 15) is 0 Å². The molecule has 0 radical (unpaired) electrons. The third-order valence-corrected chi connectivity index (χ3v) is 6.01. The second-order valence-electron chi connectivity index (χ2n) is 7.03. The van der Waals surface area contributed by atoms with Gasteiger partial charge in [-0.05, 0) is 50.9 Å². The first-order valence-corrected chi connectivity index (χ1v) is 8.21. The van der Waals surface area contributed by atoms with Crippen molar-refractivity contribution in [2.45, 2.75) is 70.4 Å². The zero-order chi connectivity index (χ0) is 13.3. The van der Waals surface area contributed by atoms with Gasteiger partial charge in [0.05, 0.1) is 6.10 Å². The van der Waals surface area contributed by atoms with E-state index in [-0.39, 0.29) is 0 Å². The first-order chi connectivity index (χ1) is 9.25. The van der Waals surface area contributed by atoms with Gasteiger partial charge in [0, 0.05) is 31.2 Å². The standard InChI is InChI=1S/C16H29NO2/c1-2-19-14-11-13(16(14)5-3-4-6-16)17-12-15(7-8-15)9-10-18/h13-14,17-18H,2-12H2,1H3. The van der Waals surface area contributed by atoms with E-state index in [4.69, 9.17) is 9.84 Å². The summed E-state index contributed by atoms with van der Waals surface area (Å²) in [5.41, 5.74) is 0.885. The summed E-state index contributed by atoms with van der Waals surface area (Å²) < 4.78 is 5.96. The third kappa shape index (κ3) is 2.45. The number of nitrogens with one attached hydrogen (secondary N) is 1. The lowest BCUT2D eigenvalue weighted by Crippen LogP contribution is -2.63. The van der Waals surface area contributed by atoms with Gasteiger partial charge in [0.25, 0.3) is 0 Å². The Morgan fingerprint density at radius 2 is 1.95 bits per heavy atom. The van der Waals surface area contributed by atoms with Gasteiger partial charge in [0.15, 0.2) is 0 Å². The summed E-state index contributed by atoms with van der Waals surface area (Å²) in [5, 5.41) is 13.0. The maximum absolute atomic E-state index is 9.15. The molecule has 3 rings (SSSR count). The predicted octanol–water partition coefficient (Wildman–Crippen LogP) is 2.48. The molecular weight excluding hydrogens is 238 g/mol. The molecule has 3 aliphatic rings. The van der Waals surface area contributed by atoms with Gasteiger partial charge in [-0.3, -0.25) is 0 Å². The van der Waals surface area contributed by atoms with Crippen LogP contribution in [0.3, 0.4) is 0 Å². The van der Waals surface area contributed by atoms with Crippen LogP contribution in [-0.2, 0) is 4.74 Å². The van der Waals surface area contributed by atoms with Crippen molar-refractivity contribution in [3.8, 4) is 0 Å². The smallest absolute Gasteiger partial charge is 0.0661 e. The molecule has 0 aromatic carbocycles. The van der Waals surface area contributed by atoms with Gasteiger partial charge in [-0.1, -0.05) is 12.8 Å². The molecule has 0 aliphatic heterocycles. The molecular formula is C16H29NO2. The summed E-state index contributed by atoms with van der Waals surface area (Å²) in [4.78, 5) is 0. The molecule has 3 fully saturated rings. The maximum Gasteiger partial charge on any atom is 0.0661 e. The fourth-order valence-electron chi connectivity index (χ4n) is 4.44. The lowest BCUT2D eigenvalue weighted by Gasteiger charge is -2.54. The number of hydrogen-bond donors (Lipinski definition) is 2. The summed E-state index contributed by atoms with van der Waals surface area (Å²) in [6.45, 7) is 4.43. The second-order valence-corrected chi connectivity index (χ2v) is 7.03. The number of ether oxygens (including phenoxy) is 1. The summed E-state index contributed by atoms with van der Waals surface area (Å²) in [6, 6.07) is 0.669. The lowest BCUT2D eigenvalue weighted by atomic mass is 9.60. The molecule has 0 heterocycles. The molecule has 1 spiro atoms. The summed E-state index contributed by atoms with van der Waals surface area (Å²) in [6.07, 6.45) is 10.7. The molecule has 0 amide bonds. The minimum Gasteiger partial charge on any atom is -0.396 e. The molecule has 110 valence electrons. The average molecular weight is 267 g/mol. The molecule has 2 unspecified atom stereocenters. The van der Waals surface area contributed by atoms with E-state index >= 15 is 0 Å². The van der Waals surface area contributed by atoms with Crippen molar-refractivity contribution in [1.82, 2.24) is 5.32 Å². The maximum atomic E-state index is 9.15. The van der Waals surface area contributed by atoms with E-state index in [2.05, 4.69) is 12.2 Å². The van der Waals surface area contributed by atoms with Crippen LogP contribution in [0.1, 0.15) is 58.3 Å². The zero-order valence-corrected chi connectivity index (χ0v) is 12.3. The Hall–Kier alpha value is -0.120. The molecule has 3 saturated carbocycles. The highest BCUT2D eigenvalue weighted by molar-refractivity contribution is 5.11. The fraction of sp³-hybridized carbons (Fsp3) is 1.00.